The van der Waals surface area contributed by atoms with Crippen molar-refractivity contribution in [3.63, 3.8) is 0 Å². The van der Waals surface area contributed by atoms with Crippen LogP contribution in [-0.2, 0) is 14.7 Å². The highest BCUT2D eigenvalue weighted by atomic mass is 79.9. The zero-order valence-electron chi connectivity index (χ0n) is 5.31. The highest BCUT2D eigenvalue weighted by Gasteiger charge is 2.38. The Kier molecular flexibility index (Phi) is 3.91. The lowest BCUT2D eigenvalue weighted by Gasteiger charge is -2.11. The SMILES string of the molecule is O=S(=O)(F)OCC(Br)C(F)(F)F. The van der Waals surface area contributed by atoms with Crippen molar-refractivity contribution in [2.75, 3.05) is 6.61 Å². The van der Waals surface area contributed by atoms with Gasteiger partial charge in [0.15, 0.2) is 0 Å². The average Bonchev–Trinajstić information content (AvgIpc) is 1.78. The van der Waals surface area contributed by atoms with Gasteiger partial charge in [0.05, 0.1) is 6.61 Å². The summed E-state index contributed by atoms with van der Waals surface area (Å²) in [6, 6.07) is 0. The number of rotatable bonds is 3. The lowest BCUT2D eigenvalue weighted by atomic mass is 10.4. The van der Waals surface area contributed by atoms with E-state index in [4.69, 9.17) is 0 Å². The Morgan fingerprint density at radius 2 is 1.83 bits per heavy atom. The van der Waals surface area contributed by atoms with Gasteiger partial charge in [-0.3, -0.25) is 0 Å². The normalized spacial score (nSPS) is 16.1. The van der Waals surface area contributed by atoms with Crippen LogP contribution in [0.5, 0.6) is 0 Å². The molecule has 0 aromatic carbocycles. The number of halogens is 5. The maximum absolute atomic E-state index is 11.6. The van der Waals surface area contributed by atoms with Crippen molar-refractivity contribution >= 4 is 26.4 Å². The Hall–Kier alpha value is 0.110. The van der Waals surface area contributed by atoms with Crippen LogP contribution in [0.4, 0.5) is 17.1 Å². The molecule has 0 N–H and O–H groups in total. The maximum atomic E-state index is 11.6. The summed E-state index contributed by atoms with van der Waals surface area (Å²) in [5.41, 5.74) is 0. The zero-order valence-corrected chi connectivity index (χ0v) is 7.71. The molecule has 0 aliphatic carbocycles. The first kappa shape index (κ1) is 12.1. The molecule has 1 unspecified atom stereocenters. The standard InChI is InChI=1S/C3H3BrF4O3S/c4-2(3(5,6)7)1-11-12(8,9)10/h2H,1H2. The molecule has 74 valence electrons. The van der Waals surface area contributed by atoms with Gasteiger partial charge in [-0.25, -0.2) is 4.18 Å². The fraction of sp³-hybridized carbons (Fsp3) is 1.00. The van der Waals surface area contributed by atoms with Gasteiger partial charge in [0.25, 0.3) is 0 Å². The predicted octanol–water partition coefficient (Wildman–Crippen LogP) is 1.54. The summed E-state index contributed by atoms with van der Waals surface area (Å²) in [6.45, 7) is -1.32. The van der Waals surface area contributed by atoms with Crippen LogP contribution >= 0.6 is 15.9 Å². The van der Waals surface area contributed by atoms with Crippen LogP contribution in [0.3, 0.4) is 0 Å². The van der Waals surface area contributed by atoms with E-state index in [0.29, 0.717) is 0 Å². The third-order valence-corrected chi connectivity index (χ3v) is 1.91. The fourth-order valence-corrected chi connectivity index (χ4v) is 0.841. The van der Waals surface area contributed by atoms with Crippen molar-refractivity contribution in [1.82, 2.24) is 0 Å². The lowest BCUT2D eigenvalue weighted by molar-refractivity contribution is -0.131. The van der Waals surface area contributed by atoms with Gasteiger partial charge in [0.1, 0.15) is 4.83 Å². The topological polar surface area (TPSA) is 43.4 Å². The number of alkyl halides is 4. The first-order valence-electron chi connectivity index (χ1n) is 2.43. The highest BCUT2D eigenvalue weighted by molar-refractivity contribution is 9.09. The number of hydrogen-bond acceptors (Lipinski definition) is 3. The molecule has 1 atom stereocenters. The Labute approximate surface area is 74.2 Å². The van der Waals surface area contributed by atoms with Gasteiger partial charge in [-0.15, -0.1) is 0 Å². The smallest absolute Gasteiger partial charge is 0.243 e. The summed E-state index contributed by atoms with van der Waals surface area (Å²) in [5.74, 6) is 0. The van der Waals surface area contributed by atoms with Crippen LogP contribution in [-0.4, -0.2) is 26.0 Å². The summed E-state index contributed by atoms with van der Waals surface area (Å²) in [5, 5.41) is 0. The molecule has 0 amide bonds. The molecular formula is C3H3BrF4O3S. The summed E-state index contributed by atoms with van der Waals surface area (Å²) in [6.07, 6.45) is -4.66. The molecule has 0 saturated heterocycles. The van der Waals surface area contributed by atoms with Gasteiger partial charge in [-0.05, 0) is 0 Å². The van der Waals surface area contributed by atoms with Crippen molar-refractivity contribution < 1.29 is 29.7 Å². The number of hydrogen-bond donors (Lipinski definition) is 0. The highest BCUT2D eigenvalue weighted by Crippen LogP contribution is 2.26. The molecule has 0 heterocycles. The maximum Gasteiger partial charge on any atom is 0.437 e. The Balaban J connectivity index is 3.97. The molecule has 0 aromatic rings. The molecule has 0 aliphatic rings. The van der Waals surface area contributed by atoms with Crippen molar-refractivity contribution in [3.05, 3.63) is 0 Å². The molecule has 9 heteroatoms. The van der Waals surface area contributed by atoms with Crippen LogP contribution in [0.1, 0.15) is 0 Å². The summed E-state index contributed by atoms with van der Waals surface area (Å²) in [4.78, 5) is -2.20. The zero-order chi connectivity index (χ0) is 9.99. The van der Waals surface area contributed by atoms with E-state index < -0.39 is 28.1 Å². The van der Waals surface area contributed by atoms with Crippen LogP contribution in [0, 0.1) is 0 Å². The molecule has 0 spiro atoms. The summed E-state index contributed by atoms with van der Waals surface area (Å²) >= 11 is 2.07. The van der Waals surface area contributed by atoms with E-state index >= 15 is 0 Å². The molecule has 0 fully saturated rings. The average molecular weight is 275 g/mol. The van der Waals surface area contributed by atoms with Gasteiger partial charge in [0, 0.05) is 0 Å². The van der Waals surface area contributed by atoms with Gasteiger partial charge in [-0.1, -0.05) is 19.8 Å². The molecule has 12 heavy (non-hydrogen) atoms. The van der Waals surface area contributed by atoms with Crippen molar-refractivity contribution in [1.29, 1.82) is 0 Å². The van der Waals surface area contributed by atoms with Crippen LogP contribution in [0.25, 0.3) is 0 Å². The molecule has 0 rings (SSSR count). The van der Waals surface area contributed by atoms with E-state index in [1.807, 2.05) is 0 Å². The first-order valence-corrected chi connectivity index (χ1v) is 4.65. The second-order valence-corrected chi connectivity index (χ2v) is 3.81. The van der Waals surface area contributed by atoms with Gasteiger partial charge >= 0.3 is 16.7 Å². The molecule has 3 nitrogen and oxygen atoms in total. The molecular weight excluding hydrogens is 272 g/mol. The van der Waals surface area contributed by atoms with Gasteiger partial charge in [-0.2, -0.15) is 21.6 Å². The molecule has 0 bridgehead atoms. The van der Waals surface area contributed by atoms with E-state index in [-0.39, 0.29) is 0 Å². The second-order valence-electron chi connectivity index (χ2n) is 1.69. The van der Waals surface area contributed by atoms with E-state index in [2.05, 4.69) is 20.1 Å². The van der Waals surface area contributed by atoms with E-state index in [1.165, 1.54) is 0 Å². The van der Waals surface area contributed by atoms with Gasteiger partial charge in [0.2, 0.25) is 0 Å². The Bertz CT molecular complexity index is 234. The van der Waals surface area contributed by atoms with Crippen molar-refractivity contribution in [2.45, 2.75) is 11.0 Å². The molecule has 0 aromatic heterocycles. The van der Waals surface area contributed by atoms with Gasteiger partial charge < -0.3 is 0 Å². The third-order valence-electron chi connectivity index (χ3n) is 0.710. The Morgan fingerprint density at radius 1 is 1.42 bits per heavy atom. The lowest BCUT2D eigenvalue weighted by Crippen LogP contribution is -2.28. The molecule has 0 saturated carbocycles. The Morgan fingerprint density at radius 3 is 2.08 bits per heavy atom. The van der Waals surface area contributed by atoms with Crippen LogP contribution in [0.15, 0.2) is 0 Å². The second kappa shape index (κ2) is 3.88. The van der Waals surface area contributed by atoms with Crippen LogP contribution < -0.4 is 0 Å². The quantitative estimate of drug-likeness (QED) is 0.446. The largest absolute Gasteiger partial charge is 0.437 e. The minimum atomic E-state index is -5.31. The first-order chi connectivity index (χ1) is 5.13. The molecule has 0 radical (unpaired) electrons. The third kappa shape index (κ3) is 5.72. The van der Waals surface area contributed by atoms with E-state index in [1.54, 1.807) is 0 Å². The van der Waals surface area contributed by atoms with Crippen molar-refractivity contribution in [2.24, 2.45) is 0 Å². The van der Waals surface area contributed by atoms with E-state index in [9.17, 15) is 25.5 Å². The fourth-order valence-electron chi connectivity index (χ4n) is 0.236. The minimum Gasteiger partial charge on any atom is -0.243 e. The predicted molar refractivity (Wildman–Crippen MR) is 34.7 cm³/mol. The van der Waals surface area contributed by atoms with Crippen LogP contribution in [0.2, 0.25) is 0 Å². The molecule has 0 aliphatic heterocycles. The van der Waals surface area contributed by atoms with E-state index in [0.717, 1.165) is 0 Å². The van der Waals surface area contributed by atoms with Crippen molar-refractivity contribution in [3.8, 4) is 0 Å². The monoisotopic (exact) mass is 274 g/mol. The minimum absolute atomic E-state index is 1.32. The summed E-state index contributed by atoms with van der Waals surface area (Å²) < 4.78 is 68.7. The summed E-state index contributed by atoms with van der Waals surface area (Å²) in [7, 11) is -5.31.